The van der Waals surface area contributed by atoms with Crippen molar-refractivity contribution < 1.29 is 19.1 Å². The number of aromatic nitrogens is 1. The van der Waals surface area contributed by atoms with Gasteiger partial charge >= 0.3 is 5.97 Å². The molecule has 1 fully saturated rings. The van der Waals surface area contributed by atoms with Crippen LogP contribution in [0.3, 0.4) is 0 Å². The number of carbonyl (C=O) groups is 2. The zero-order valence-electron chi connectivity index (χ0n) is 16.2. The fraction of sp³-hybridized carbons (Fsp3) is 0.476. The molecule has 2 aromatic rings. The normalized spacial score (nSPS) is 19.9. The van der Waals surface area contributed by atoms with Crippen LogP contribution in [0.5, 0.6) is 5.75 Å². The first-order chi connectivity index (χ1) is 14.0. The molecule has 1 aliphatic heterocycles. The first-order valence-corrected chi connectivity index (χ1v) is 11.2. The number of ether oxygens (including phenoxy) is 2. The monoisotopic (exact) mass is 434 g/mol. The Balaban J connectivity index is 1.43. The summed E-state index contributed by atoms with van der Waals surface area (Å²) >= 11 is 7.43. The minimum Gasteiger partial charge on any atom is -0.478 e. The van der Waals surface area contributed by atoms with Gasteiger partial charge in [0.15, 0.2) is 17.3 Å². The van der Waals surface area contributed by atoms with E-state index in [1.165, 1.54) is 17.8 Å². The van der Waals surface area contributed by atoms with Gasteiger partial charge < -0.3 is 9.47 Å². The molecule has 0 N–H and O–H groups in total. The molecule has 2 atom stereocenters. The zero-order chi connectivity index (χ0) is 20.4. The first-order valence-electron chi connectivity index (χ1n) is 9.91. The Labute approximate surface area is 178 Å². The van der Waals surface area contributed by atoms with Gasteiger partial charge in [0.2, 0.25) is 0 Å². The third-order valence-electron chi connectivity index (χ3n) is 5.40. The molecular weight excluding hydrogens is 412 g/mol. The lowest BCUT2D eigenvalue weighted by Gasteiger charge is -2.34. The molecule has 2 aliphatic rings. The number of benzene rings is 1. The van der Waals surface area contributed by atoms with Gasteiger partial charge in [-0.1, -0.05) is 30.9 Å². The van der Waals surface area contributed by atoms with Gasteiger partial charge in [0, 0.05) is 29.1 Å². The maximum atomic E-state index is 13.2. The van der Waals surface area contributed by atoms with E-state index in [4.69, 9.17) is 21.1 Å². The fourth-order valence-electron chi connectivity index (χ4n) is 3.95. The van der Waals surface area contributed by atoms with Crippen LogP contribution in [0.2, 0.25) is 5.02 Å². The third kappa shape index (κ3) is 4.41. The summed E-state index contributed by atoms with van der Waals surface area (Å²) in [6, 6.07) is 5.34. The standard InChI is InChI=1S/C21H23ClN2O4S/c1-13(27-20(26)18-12-14-11-15(22)7-8-17(14)28-18)19(25)24(21-23-9-10-29-21)16-5-3-2-4-6-16/h7-11,13,16,18H,2-6,12H2,1H3. The molecule has 0 spiro atoms. The number of anilines is 1. The number of nitrogens with zero attached hydrogens (tertiary/aromatic N) is 2. The molecule has 29 heavy (non-hydrogen) atoms. The smallest absolute Gasteiger partial charge is 0.348 e. The van der Waals surface area contributed by atoms with Gasteiger partial charge in [-0.3, -0.25) is 9.69 Å². The van der Waals surface area contributed by atoms with E-state index < -0.39 is 18.2 Å². The quantitative estimate of drug-likeness (QED) is 0.652. The van der Waals surface area contributed by atoms with Gasteiger partial charge in [0.25, 0.3) is 5.91 Å². The summed E-state index contributed by atoms with van der Waals surface area (Å²) in [4.78, 5) is 31.9. The van der Waals surface area contributed by atoms with Crippen molar-refractivity contribution in [1.82, 2.24) is 4.98 Å². The highest BCUT2D eigenvalue weighted by molar-refractivity contribution is 7.13. The highest BCUT2D eigenvalue weighted by Gasteiger charge is 2.36. The van der Waals surface area contributed by atoms with Crippen molar-refractivity contribution in [2.75, 3.05) is 4.90 Å². The Morgan fingerprint density at radius 1 is 1.31 bits per heavy atom. The molecule has 8 heteroatoms. The molecule has 0 saturated heterocycles. The molecule has 1 saturated carbocycles. The van der Waals surface area contributed by atoms with Crippen LogP contribution in [0.15, 0.2) is 29.8 Å². The van der Waals surface area contributed by atoms with E-state index in [9.17, 15) is 9.59 Å². The van der Waals surface area contributed by atoms with Crippen LogP contribution in [0.25, 0.3) is 0 Å². The zero-order valence-corrected chi connectivity index (χ0v) is 17.7. The molecule has 1 aromatic heterocycles. The van der Waals surface area contributed by atoms with Crippen LogP contribution in [-0.2, 0) is 20.7 Å². The number of halogens is 1. The second-order valence-corrected chi connectivity index (χ2v) is 8.77. The van der Waals surface area contributed by atoms with Crippen LogP contribution < -0.4 is 9.64 Å². The molecule has 0 radical (unpaired) electrons. The Bertz CT molecular complexity index is 883. The summed E-state index contributed by atoms with van der Waals surface area (Å²) in [5, 5.41) is 3.10. The Kier molecular flexibility index (Phi) is 6.06. The topological polar surface area (TPSA) is 68.7 Å². The average molecular weight is 435 g/mol. The molecule has 0 bridgehead atoms. The van der Waals surface area contributed by atoms with E-state index in [1.807, 2.05) is 5.38 Å². The summed E-state index contributed by atoms with van der Waals surface area (Å²) < 4.78 is 11.2. The summed E-state index contributed by atoms with van der Waals surface area (Å²) in [6.45, 7) is 1.61. The molecule has 6 nitrogen and oxygen atoms in total. The number of carbonyl (C=O) groups excluding carboxylic acids is 2. The van der Waals surface area contributed by atoms with Crippen molar-refractivity contribution in [2.24, 2.45) is 0 Å². The minimum absolute atomic E-state index is 0.0951. The second kappa shape index (κ2) is 8.71. The molecular formula is C21H23ClN2O4S. The van der Waals surface area contributed by atoms with Gasteiger partial charge in [-0.15, -0.1) is 11.3 Å². The van der Waals surface area contributed by atoms with Gasteiger partial charge in [-0.2, -0.15) is 0 Å². The minimum atomic E-state index is -0.913. The summed E-state index contributed by atoms with van der Waals surface area (Å²) in [7, 11) is 0. The van der Waals surface area contributed by atoms with Gasteiger partial charge in [-0.25, -0.2) is 9.78 Å². The molecule has 4 rings (SSSR count). The summed E-state index contributed by atoms with van der Waals surface area (Å²) in [5.41, 5.74) is 0.866. The summed E-state index contributed by atoms with van der Waals surface area (Å²) in [6.07, 6.45) is 5.63. The maximum absolute atomic E-state index is 13.2. The lowest BCUT2D eigenvalue weighted by molar-refractivity contribution is -0.160. The van der Waals surface area contributed by atoms with Gasteiger partial charge in [0.05, 0.1) is 0 Å². The van der Waals surface area contributed by atoms with Gasteiger partial charge in [-0.05, 0) is 43.5 Å². The maximum Gasteiger partial charge on any atom is 0.348 e. The number of fused-ring (bicyclic) bond motifs is 1. The highest BCUT2D eigenvalue weighted by atomic mass is 35.5. The van der Waals surface area contributed by atoms with Crippen LogP contribution in [0.4, 0.5) is 5.13 Å². The molecule has 1 aliphatic carbocycles. The van der Waals surface area contributed by atoms with Crippen molar-refractivity contribution >= 4 is 39.9 Å². The molecule has 2 unspecified atom stereocenters. The lowest BCUT2D eigenvalue weighted by Crippen LogP contribution is -2.48. The number of thiazole rings is 1. The van der Waals surface area contributed by atoms with Crippen LogP contribution >= 0.6 is 22.9 Å². The molecule has 2 heterocycles. The van der Waals surface area contributed by atoms with Crippen molar-refractivity contribution in [3.63, 3.8) is 0 Å². The number of hydrogen-bond acceptors (Lipinski definition) is 6. The third-order valence-corrected chi connectivity index (χ3v) is 6.41. The lowest BCUT2D eigenvalue weighted by atomic mass is 9.94. The number of rotatable bonds is 5. The van der Waals surface area contributed by atoms with Gasteiger partial charge in [0.1, 0.15) is 5.75 Å². The Hall–Kier alpha value is -2.12. The number of amides is 1. The van der Waals surface area contributed by atoms with E-state index in [-0.39, 0.29) is 11.9 Å². The van der Waals surface area contributed by atoms with E-state index in [1.54, 1.807) is 36.2 Å². The largest absolute Gasteiger partial charge is 0.478 e. The Morgan fingerprint density at radius 2 is 2.10 bits per heavy atom. The van der Waals surface area contributed by atoms with E-state index in [2.05, 4.69) is 4.98 Å². The second-order valence-electron chi connectivity index (χ2n) is 7.46. The van der Waals surface area contributed by atoms with E-state index in [0.717, 1.165) is 31.2 Å². The molecule has 1 aromatic carbocycles. The van der Waals surface area contributed by atoms with Crippen molar-refractivity contribution in [1.29, 1.82) is 0 Å². The predicted octanol–water partition coefficient (Wildman–Crippen LogP) is 4.40. The summed E-state index contributed by atoms with van der Waals surface area (Å²) in [5.74, 6) is -0.151. The number of esters is 1. The van der Waals surface area contributed by atoms with E-state index in [0.29, 0.717) is 22.3 Å². The number of hydrogen-bond donors (Lipinski definition) is 0. The van der Waals surface area contributed by atoms with E-state index >= 15 is 0 Å². The van der Waals surface area contributed by atoms with Crippen molar-refractivity contribution in [3.05, 3.63) is 40.4 Å². The first kappa shape index (κ1) is 20.2. The van der Waals surface area contributed by atoms with Crippen molar-refractivity contribution in [2.45, 2.75) is 63.7 Å². The molecule has 154 valence electrons. The Morgan fingerprint density at radius 3 is 2.83 bits per heavy atom. The fourth-order valence-corrected chi connectivity index (χ4v) is 4.86. The average Bonchev–Trinajstić information content (AvgIpc) is 3.38. The van der Waals surface area contributed by atoms with Crippen LogP contribution in [0, 0.1) is 0 Å². The van der Waals surface area contributed by atoms with Crippen molar-refractivity contribution in [3.8, 4) is 5.75 Å². The SMILES string of the molecule is CC(OC(=O)C1Cc2cc(Cl)ccc2O1)C(=O)N(c1nccs1)C1CCCCC1. The van der Waals surface area contributed by atoms with Crippen LogP contribution in [0.1, 0.15) is 44.6 Å². The van der Waals surface area contributed by atoms with Crippen LogP contribution in [-0.4, -0.2) is 35.1 Å². The highest BCUT2D eigenvalue weighted by Crippen LogP contribution is 2.32. The molecule has 1 amide bonds. The predicted molar refractivity (Wildman–Crippen MR) is 112 cm³/mol.